The largest absolute Gasteiger partial charge is 0.294 e. The van der Waals surface area contributed by atoms with Gasteiger partial charge in [-0.2, -0.15) is 0 Å². The first-order chi connectivity index (χ1) is 7.46. The smallest absolute Gasteiger partial charge is 0.169 e. The predicted molar refractivity (Wildman–Crippen MR) is 69.7 cm³/mol. The molecule has 2 atom stereocenters. The van der Waals surface area contributed by atoms with E-state index < -0.39 is 0 Å². The van der Waals surface area contributed by atoms with Crippen LogP contribution in [-0.2, 0) is 9.59 Å². The van der Waals surface area contributed by atoms with Crippen molar-refractivity contribution in [3.8, 4) is 0 Å². The van der Waals surface area contributed by atoms with Crippen LogP contribution in [0.2, 0.25) is 0 Å². The summed E-state index contributed by atoms with van der Waals surface area (Å²) in [5.41, 5.74) is -0.00912. The molecule has 2 unspecified atom stereocenters. The minimum Gasteiger partial charge on any atom is -0.294 e. The molecule has 2 nitrogen and oxygen atoms in total. The van der Waals surface area contributed by atoms with E-state index in [1.54, 1.807) is 0 Å². The third kappa shape index (κ3) is 2.67. The van der Waals surface area contributed by atoms with Crippen LogP contribution in [0.4, 0.5) is 0 Å². The fourth-order valence-electron chi connectivity index (χ4n) is 2.49. The van der Waals surface area contributed by atoms with Gasteiger partial charge in [0.05, 0.1) is 5.57 Å². The van der Waals surface area contributed by atoms with Gasteiger partial charge in [0.1, 0.15) is 0 Å². The number of Topliss-reactive ketones (excluding diaryl/α,β-unsaturated/α-hetero) is 2. The van der Waals surface area contributed by atoms with E-state index in [0.717, 1.165) is 0 Å². The molecular formula is C15H24O2. The van der Waals surface area contributed by atoms with Crippen molar-refractivity contribution >= 4 is 11.6 Å². The Morgan fingerprint density at radius 2 is 1.18 bits per heavy atom. The van der Waals surface area contributed by atoms with E-state index in [1.807, 2.05) is 0 Å². The Labute approximate surface area is 104 Å². The Kier molecular flexibility index (Phi) is 3.39. The summed E-state index contributed by atoms with van der Waals surface area (Å²) >= 11 is 0. The van der Waals surface area contributed by atoms with E-state index in [0.29, 0.717) is 6.42 Å². The lowest BCUT2D eigenvalue weighted by Gasteiger charge is -2.41. The maximum Gasteiger partial charge on any atom is 0.169 e. The summed E-state index contributed by atoms with van der Waals surface area (Å²) in [6, 6.07) is 0. The number of rotatable bonds is 0. The molecule has 1 aliphatic rings. The molecule has 1 fully saturated rings. The quantitative estimate of drug-likeness (QED) is 0.477. The highest BCUT2D eigenvalue weighted by Gasteiger charge is 2.46. The number of hydrogen-bond acceptors (Lipinski definition) is 2. The van der Waals surface area contributed by atoms with E-state index in [4.69, 9.17) is 0 Å². The van der Waals surface area contributed by atoms with Crippen LogP contribution in [0.3, 0.4) is 0 Å². The Balaban J connectivity index is 3.13. The molecule has 0 heterocycles. The van der Waals surface area contributed by atoms with E-state index in [1.165, 1.54) is 0 Å². The first-order valence-corrected chi connectivity index (χ1v) is 6.23. The monoisotopic (exact) mass is 236 g/mol. The number of carbonyl (C=O) groups is 2. The van der Waals surface area contributed by atoms with Gasteiger partial charge in [-0.05, 0) is 17.3 Å². The highest BCUT2D eigenvalue weighted by atomic mass is 16.2. The molecule has 1 aliphatic carbocycles. The van der Waals surface area contributed by atoms with Gasteiger partial charge in [0, 0.05) is 11.8 Å². The summed E-state index contributed by atoms with van der Waals surface area (Å²) in [6.45, 7) is 16.0. The maximum atomic E-state index is 12.1. The Hall–Kier alpha value is -0.920. The second-order valence-electron chi connectivity index (χ2n) is 7.28. The molecule has 17 heavy (non-hydrogen) atoms. The fourth-order valence-corrected chi connectivity index (χ4v) is 2.49. The molecule has 0 bridgehead atoms. The van der Waals surface area contributed by atoms with Crippen molar-refractivity contribution in [3.63, 3.8) is 0 Å². The average Bonchev–Trinajstić information content (AvgIpc) is 2.10. The zero-order chi connectivity index (χ0) is 13.6. The minimum absolute atomic E-state index is 0.0528. The zero-order valence-electron chi connectivity index (χ0n) is 11.9. The molecule has 0 aliphatic heterocycles. The van der Waals surface area contributed by atoms with Crippen molar-refractivity contribution in [3.05, 3.63) is 12.2 Å². The maximum absolute atomic E-state index is 12.1. The fraction of sp³-hybridized carbons (Fsp3) is 0.733. The SMILES string of the molecule is C=C1C(=O)C(C(C)(C)C)CC(C(C)(C)C)C1=O. The molecule has 96 valence electrons. The Morgan fingerprint density at radius 3 is 1.41 bits per heavy atom. The summed E-state index contributed by atoms with van der Waals surface area (Å²) in [6.07, 6.45) is 0.656. The predicted octanol–water partition coefficient (Wildman–Crippen LogP) is 3.41. The van der Waals surface area contributed by atoms with Gasteiger partial charge in [-0.1, -0.05) is 48.1 Å². The van der Waals surface area contributed by atoms with Gasteiger partial charge in [0.15, 0.2) is 11.6 Å². The lowest BCUT2D eigenvalue weighted by atomic mass is 9.61. The topological polar surface area (TPSA) is 34.1 Å². The molecule has 2 heteroatoms. The number of allylic oxidation sites excluding steroid dienone is 1. The second-order valence-corrected chi connectivity index (χ2v) is 7.28. The van der Waals surface area contributed by atoms with Gasteiger partial charge in [-0.25, -0.2) is 0 Å². The van der Waals surface area contributed by atoms with Crippen molar-refractivity contribution in [2.24, 2.45) is 22.7 Å². The molecule has 1 rings (SSSR count). The normalized spacial score (nSPS) is 27.5. The van der Waals surface area contributed by atoms with Gasteiger partial charge >= 0.3 is 0 Å². The van der Waals surface area contributed by atoms with Crippen LogP contribution in [0.25, 0.3) is 0 Å². The molecule has 0 spiro atoms. The molecule has 0 aromatic rings. The molecular weight excluding hydrogens is 212 g/mol. The molecule has 0 aromatic carbocycles. The van der Waals surface area contributed by atoms with Crippen LogP contribution in [0.5, 0.6) is 0 Å². The first-order valence-electron chi connectivity index (χ1n) is 6.23. The average molecular weight is 236 g/mol. The van der Waals surface area contributed by atoms with Crippen molar-refractivity contribution in [1.82, 2.24) is 0 Å². The van der Waals surface area contributed by atoms with Crippen molar-refractivity contribution in [2.75, 3.05) is 0 Å². The van der Waals surface area contributed by atoms with Crippen LogP contribution in [0, 0.1) is 22.7 Å². The molecule has 0 amide bonds. The first kappa shape index (κ1) is 14.1. The Bertz CT molecular complexity index is 329. The van der Waals surface area contributed by atoms with Crippen LogP contribution in [0.1, 0.15) is 48.0 Å². The highest BCUT2D eigenvalue weighted by molar-refractivity contribution is 6.23. The van der Waals surface area contributed by atoms with E-state index in [9.17, 15) is 9.59 Å². The standard InChI is InChI=1S/C15H24O2/c1-9-12(16)10(14(2,3)4)8-11(13(9)17)15(5,6)7/h10-11H,1,8H2,2-7H3. The number of ketones is 2. The lowest BCUT2D eigenvalue weighted by Crippen LogP contribution is -2.44. The number of carbonyl (C=O) groups excluding carboxylic acids is 2. The van der Waals surface area contributed by atoms with Crippen LogP contribution in [0.15, 0.2) is 12.2 Å². The zero-order valence-corrected chi connectivity index (χ0v) is 11.9. The molecule has 0 radical (unpaired) electrons. The van der Waals surface area contributed by atoms with Crippen molar-refractivity contribution < 1.29 is 9.59 Å². The molecule has 0 N–H and O–H groups in total. The van der Waals surface area contributed by atoms with Gasteiger partial charge in [0.25, 0.3) is 0 Å². The van der Waals surface area contributed by atoms with E-state index >= 15 is 0 Å². The van der Waals surface area contributed by atoms with Gasteiger partial charge in [-0.15, -0.1) is 0 Å². The summed E-state index contributed by atoms with van der Waals surface area (Å²) in [5, 5.41) is 0. The summed E-state index contributed by atoms with van der Waals surface area (Å²) in [7, 11) is 0. The number of hydrogen-bond donors (Lipinski definition) is 0. The molecule has 0 aromatic heterocycles. The van der Waals surface area contributed by atoms with Crippen LogP contribution >= 0.6 is 0 Å². The Morgan fingerprint density at radius 1 is 0.882 bits per heavy atom. The minimum atomic E-state index is -0.107. The van der Waals surface area contributed by atoms with Gasteiger partial charge in [-0.3, -0.25) is 9.59 Å². The van der Waals surface area contributed by atoms with Gasteiger partial charge in [0.2, 0.25) is 0 Å². The van der Waals surface area contributed by atoms with Crippen LogP contribution < -0.4 is 0 Å². The highest BCUT2D eigenvalue weighted by Crippen LogP contribution is 2.44. The molecule has 0 saturated heterocycles. The third-order valence-corrected chi connectivity index (χ3v) is 3.79. The van der Waals surface area contributed by atoms with Crippen molar-refractivity contribution in [1.29, 1.82) is 0 Å². The summed E-state index contributed by atoms with van der Waals surface area (Å²) in [4.78, 5) is 24.3. The summed E-state index contributed by atoms with van der Waals surface area (Å²) in [5.74, 6) is -0.278. The van der Waals surface area contributed by atoms with E-state index in [2.05, 4.69) is 48.1 Å². The van der Waals surface area contributed by atoms with Gasteiger partial charge < -0.3 is 0 Å². The third-order valence-electron chi connectivity index (χ3n) is 3.79. The lowest BCUT2D eigenvalue weighted by molar-refractivity contribution is -0.135. The summed E-state index contributed by atoms with van der Waals surface area (Å²) < 4.78 is 0. The van der Waals surface area contributed by atoms with Crippen molar-refractivity contribution in [2.45, 2.75) is 48.0 Å². The second kappa shape index (κ2) is 4.08. The molecule has 1 saturated carbocycles. The van der Waals surface area contributed by atoms with E-state index in [-0.39, 0.29) is 39.8 Å². The van der Waals surface area contributed by atoms with Crippen LogP contribution in [-0.4, -0.2) is 11.6 Å².